The first-order chi connectivity index (χ1) is 0. The zero-order valence-corrected chi connectivity index (χ0v) is 5.70. The fraction of sp³-hybridized carbons (Fsp3) is 0. The van der Waals surface area contributed by atoms with E-state index in [1.165, 1.54) is 0 Å². The summed E-state index contributed by atoms with van der Waals surface area (Å²) in [5.41, 5.74) is 0. The van der Waals surface area contributed by atoms with Gasteiger partial charge >= 0.3 is 37.7 Å². The summed E-state index contributed by atoms with van der Waals surface area (Å²) in [5.74, 6) is 0. The van der Waals surface area contributed by atoms with Crippen LogP contribution in [0, 0.1) is 0 Å². The van der Waals surface area contributed by atoms with Gasteiger partial charge in [0.05, 0.1) is 0 Å². The van der Waals surface area contributed by atoms with Crippen molar-refractivity contribution in [1.29, 1.82) is 0 Å². The van der Waals surface area contributed by atoms with Gasteiger partial charge in [0.25, 0.3) is 0 Å². The smallest absolute Gasteiger partial charge is 0 e. The Morgan fingerprint density at radius 1 is 0.750 bits per heavy atom. The molecule has 0 aliphatic rings. The van der Waals surface area contributed by atoms with Crippen LogP contribution in [0.25, 0.3) is 0 Å². The summed E-state index contributed by atoms with van der Waals surface area (Å²) in [7, 11) is 0. The zero-order valence-electron chi connectivity index (χ0n) is 1.17. The van der Waals surface area contributed by atoms with Gasteiger partial charge in [-0.2, -0.15) is 0 Å². The first kappa shape index (κ1) is 29.6. The molecule has 28 valence electrons. The average molecular weight is 260 g/mol. The van der Waals surface area contributed by atoms with Crippen molar-refractivity contribution in [2.75, 3.05) is 0 Å². The van der Waals surface area contributed by atoms with Gasteiger partial charge < -0.3 is 0 Å². The Hall–Kier alpha value is 2.74. The molecule has 0 radical (unpaired) electrons. The number of halogens is 2. The van der Waals surface area contributed by atoms with Crippen LogP contribution in [0.15, 0.2) is 0 Å². The van der Waals surface area contributed by atoms with Crippen molar-refractivity contribution in [2.45, 2.75) is 0 Å². The van der Waals surface area contributed by atoms with Crippen molar-refractivity contribution < 1.29 is 17.1 Å². The summed E-state index contributed by atoms with van der Waals surface area (Å²) < 4.78 is 0. The van der Waals surface area contributed by atoms with E-state index in [2.05, 4.69) is 0 Å². The average Bonchev–Trinajstić information content (AvgIpc) is 0. The van der Waals surface area contributed by atoms with Gasteiger partial charge in [-0.05, 0) is 0 Å². The largest absolute Gasteiger partial charge is 0 e. The molecular weight excluding hydrogens is 256 g/mol. The van der Waals surface area contributed by atoms with Crippen molar-refractivity contribution in [1.82, 2.24) is 0 Å². The summed E-state index contributed by atoms with van der Waals surface area (Å²) in [6, 6.07) is 0. The standard InChI is InChI=1S/2BrH.Ca.Fe.2H/h2*1H;;;;. The van der Waals surface area contributed by atoms with Crippen LogP contribution in [0.3, 0.4) is 0 Å². The number of hydrogen-bond acceptors (Lipinski definition) is 0. The monoisotopic (exact) mass is 258 g/mol. The second-order valence-corrected chi connectivity index (χ2v) is 0. The minimum atomic E-state index is 0. The van der Waals surface area contributed by atoms with Gasteiger partial charge in [0.15, 0.2) is 0 Å². The Morgan fingerprint density at radius 3 is 0.750 bits per heavy atom. The van der Waals surface area contributed by atoms with Crippen LogP contribution in [0.2, 0.25) is 0 Å². The first-order valence-corrected chi connectivity index (χ1v) is 0. The van der Waals surface area contributed by atoms with Crippen LogP contribution in [0.5, 0.6) is 0 Å². The normalized spacial score (nSPS) is 0. The topological polar surface area (TPSA) is 0 Å². The quantitative estimate of drug-likeness (QED) is 0.547. The molecule has 0 unspecified atom stereocenters. The van der Waals surface area contributed by atoms with Gasteiger partial charge in [-0.3, -0.25) is 0 Å². The number of rotatable bonds is 0. The van der Waals surface area contributed by atoms with E-state index < -0.39 is 0 Å². The summed E-state index contributed by atoms with van der Waals surface area (Å²) in [5, 5.41) is 0. The van der Waals surface area contributed by atoms with E-state index in [-0.39, 0.29) is 88.8 Å². The van der Waals surface area contributed by atoms with Crippen LogP contribution in [0.4, 0.5) is 0 Å². The van der Waals surface area contributed by atoms with Crippen molar-refractivity contribution in [3.05, 3.63) is 0 Å². The van der Waals surface area contributed by atoms with Crippen molar-refractivity contribution in [3.63, 3.8) is 0 Å². The Labute approximate surface area is 87.1 Å². The van der Waals surface area contributed by atoms with Gasteiger partial charge in [0.2, 0.25) is 0 Å². The van der Waals surface area contributed by atoms with Crippen LogP contribution in [-0.2, 0) is 17.1 Å². The van der Waals surface area contributed by atoms with Crippen molar-refractivity contribution >= 4 is 71.7 Å². The van der Waals surface area contributed by atoms with Crippen LogP contribution in [0.1, 0.15) is 0 Å². The molecule has 0 N–H and O–H groups in total. The van der Waals surface area contributed by atoms with Gasteiger partial charge in [-0.1, -0.05) is 0 Å². The molecule has 0 aromatic heterocycles. The van der Waals surface area contributed by atoms with Gasteiger partial charge in [0.1, 0.15) is 0 Å². The molecule has 4 heavy (non-hydrogen) atoms. The zero-order chi connectivity index (χ0) is 0. The molecule has 0 saturated heterocycles. The second kappa shape index (κ2) is 17.2. The molecule has 0 bridgehead atoms. The van der Waals surface area contributed by atoms with Crippen LogP contribution >= 0.6 is 34.0 Å². The summed E-state index contributed by atoms with van der Waals surface area (Å²) in [4.78, 5) is 0. The van der Waals surface area contributed by atoms with E-state index in [4.69, 9.17) is 0 Å². The molecule has 0 saturated carbocycles. The molecule has 0 heterocycles. The minimum absolute atomic E-state index is 0. The van der Waals surface area contributed by atoms with Crippen molar-refractivity contribution in [3.8, 4) is 0 Å². The molecule has 0 aromatic carbocycles. The first-order valence-electron chi connectivity index (χ1n) is 0. The molecule has 0 amide bonds. The van der Waals surface area contributed by atoms with E-state index in [0.717, 1.165) is 0 Å². The number of hydrogen-bond donors (Lipinski definition) is 0. The fourth-order valence-corrected chi connectivity index (χ4v) is 0. The van der Waals surface area contributed by atoms with Crippen molar-refractivity contribution in [2.24, 2.45) is 0 Å². The second-order valence-electron chi connectivity index (χ2n) is 0. The summed E-state index contributed by atoms with van der Waals surface area (Å²) in [6.07, 6.45) is 0. The van der Waals surface area contributed by atoms with E-state index in [9.17, 15) is 0 Å². The molecule has 0 nitrogen and oxygen atoms in total. The van der Waals surface area contributed by atoms with E-state index in [1.54, 1.807) is 0 Å². The molecule has 0 rings (SSSR count). The van der Waals surface area contributed by atoms with E-state index in [0.29, 0.717) is 0 Å². The third-order valence-corrected chi connectivity index (χ3v) is 0. The van der Waals surface area contributed by atoms with E-state index in [1.807, 2.05) is 0 Å². The Morgan fingerprint density at radius 2 is 0.750 bits per heavy atom. The maximum absolute atomic E-state index is 0. The Kier molecular flexibility index (Phi) is 127. The minimum Gasteiger partial charge on any atom is 0 e. The maximum atomic E-state index is 0. The molecule has 0 aliphatic carbocycles. The molecule has 0 fully saturated rings. The third-order valence-electron chi connectivity index (χ3n) is 0. The fourth-order valence-electron chi connectivity index (χ4n) is 0. The maximum Gasteiger partial charge on any atom is 0 e. The van der Waals surface area contributed by atoms with Gasteiger partial charge in [-0.25, -0.2) is 0 Å². The molecule has 0 aliphatic heterocycles. The van der Waals surface area contributed by atoms with Gasteiger partial charge in [-0.15, -0.1) is 34.0 Å². The van der Waals surface area contributed by atoms with E-state index >= 15 is 0 Å². The molecule has 0 atom stereocenters. The Bertz CT molecular complexity index is 6.00. The summed E-state index contributed by atoms with van der Waals surface area (Å²) >= 11 is 0. The molecule has 0 aromatic rings. The SMILES string of the molecule is Br.Br.[CaH2].[Fe]. The predicted octanol–water partition coefficient (Wildman–Crippen LogP) is 0.237. The van der Waals surface area contributed by atoms with Gasteiger partial charge in [0, 0.05) is 17.1 Å². The van der Waals surface area contributed by atoms with Crippen LogP contribution < -0.4 is 0 Å². The Balaban J connectivity index is 0. The molecular formula is H4Br2CaFe. The van der Waals surface area contributed by atoms with Crippen LogP contribution in [-0.4, -0.2) is 37.7 Å². The third kappa shape index (κ3) is 8.83. The predicted molar refractivity (Wildman–Crippen MR) is 29.2 cm³/mol. The summed E-state index contributed by atoms with van der Waals surface area (Å²) in [6.45, 7) is 0. The molecule has 0 spiro atoms. The molecule has 4 heteroatoms.